The fraction of sp³-hybridized carbons (Fsp3) is 0.500. The van der Waals surface area contributed by atoms with Crippen molar-refractivity contribution in [2.45, 2.75) is 6.04 Å². The van der Waals surface area contributed by atoms with Crippen LogP contribution in [0.25, 0.3) is 0 Å². The predicted octanol–water partition coefficient (Wildman–Crippen LogP) is 0.404. The molecular weight excluding hydrogens is 134 g/mol. The molecule has 1 aliphatic heterocycles. The van der Waals surface area contributed by atoms with Gasteiger partial charge < -0.3 is 5.32 Å². The number of rotatable bonds is 1. The molecule has 1 saturated heterocycles. The van der Waals surface area contributed by atoms with Crippen LogP contribution in [0.4, 0.5) is 0 Å². The third-order valence-electron chi connectivity index (χ3n) is 1.16. The van der Waals surface area contributed by atoms with Gasteiger partial charge in [0.15, 0.2) is 0 Å². The molecule has 50 valence electrons. The molecule has 0 spiro atoms. The van der Waals surface area contributed by atoms with Crippen LogP contribution in [0.3, 0.4) is 0 Å². The van der Waals surface area contributed by atoms with Crippen molar-refractivity contribution in [2.75, 3.05) is 11.5 Å². The highest BCUT2D eigenvalue weighted by atomic mass is 32.2. The Kier molecular flexibility index (Phi) is 2.16. The van der Waals surface area contributed by atoms with Gasteiger partial charge in [-0.3, -0.25) is 4.79 Å². The lowest BCUT2D eigenvalue weighted by atomic mass is 10.3. The number of hydrogen-bond acceptors (Lipinski definition) is 2. The van der Waals surface area contributed by atoms with Gasteiger partial charge >= 0.3 is 0 Å². The van der Waals surface area contributed by atoms with Gasteiger partial charge in [0.1, 0.15) is 0 Å². The first kappa shape index (κ1) is 6.68. The summed E-state index contributed by atoms with van der Waals surface area (Å²) in [5, 5.41) is 2.79. The number of carbonyl (C=O) groups excluding carboxylic acids is 1. The minimum atomic E-state index is 0.121. The molecule has 1 aliphatic rings. The summed E-state index contributed by atoms with van der Waals surface area (Å²) in [6.45, 7) is 3.59. The van der Waals surface area contributed by atoms with Crippen LogP contribution in [0.2, 0.25) is 0 Å². The van der Waals surface area contributed by atoms with E-state index in [0.717, 1.165) is 5.75 Å². The standard InChI is InChI=1S/C6H9NOS/c1-2-5-3-9-4-6(8)7-5/h2,5H,1,3-4H2,(H,7,8). The quantitative estimate of drug-likeness (QED) is 0.538. The van der Waals surface area contributed by atoms with E-state index >= 15 is 0 Å². The van der Waals surface area contributed by atoms with Gasteiger partial charge in [-0.25, -0.2) is 0 Å². The Morgan fingerprint density at radius 3 is 3.11 bits per heavy atom. The molecule has 2 nitrogen and oxygen atoms in total. The highest BCUT2D eigenvalue weighted by molar-refractivity contribution is 8.00. The Balaban J connectivity index is 2.40. The fourth-order valence-electron chi connectivity index (χ4n) is 0.696. The van der Waals surface area contributed by atoms with E-state index in [9.17, 15) is 4.79 Å². The van der Waals surface area contributed by atoms with E-state index < -0.39 is 0 Å². The predicted molar refractivity (Wildman–Crippen MR) is 39.5 cm³/mol. The third kappa shape index (κ3) is 1.75. The van der Waals surface area contributed by atoms with Crippen molar-refractivity contribution in [1.29, 1.82) is 0 Å². The van der Waals surface area contributed by atoms with Gasteiger partial charge in [0.2, 0.25) is 5.91 Å². The van der Waals surface area contributed by atoms with E-state index in [2.05, 4.69) is 11.9 Å². The van der Waals surface area contributed by atoms with Crippen LogP contribution in [0.1, 0.15) is 0 Å². The zero-order valence-corrected chi connectivity index (χ0v) is 5.91. The van der Waals surface area contributed by atoms with Gasteiger partial charge in [0, 0.05) is 5.75 Å². The van der Waals surface area contributed by atoms with Crippen LogP contribution in [-0.2, 0) is 4.79 Å². The van der Waals surface area contributed by atoms with Crippen LogP contribution >= 0.6 is 11.8 Å². The summed E-state index contributed by atoms with van der Waals surface area (Å²) in [6, 6.07) is 0.191. The Labute approximate surface area is 58.7 Å². The van der Waals surface area contributed by atoms with Crippen LogP contribution in [0, 0.1) is 0 Å². The molecule has 3 heteroatoms. The molecule has 0 saturated carbocycles. The van der Waals surface area contributed by atoms with Gasteiger partial charge in [0.05, 0.1) is 11.8 Å². The van der Waals surface area contributed by atoms with E-state index in [-0.39, 0.29) is 11.9 Å². The number of amides is 1. The summed E-state index contributed by atoms with van der Waals surface area (Å²) < 4.78 is 0. The van der Waals surface area contributed by atoms with E-state index in [1.165, 1.54) is 0 Å². The minimum Gasteiger partial charge on any atom is -0.348 e. The molecule has 0 aromatic rings. The summed E-state index contributed by atoms with van der Waals surface area (Å²) in [6.07, 6.45) is 1.77. The zero-order chi connectivity index (χ0) is 6.69. The first-order valence-electron chi connectivity index (χ1n) is 2.82. The van der Waals surface area contributed by atoms with Gasteiger partial charge in [-0.05, 0) is 0 Å². The highest BCUT2D eigenvalue weighted by Gasteiger charge is 2.14. The summed E-state index contributed by atoms with van der Waals surface area (Å²) in [7, 11) is 0. The molecule has 0 radical (unpaired) electrons. The van der Waals surface area contributed by atoms with Crippen LogP contribution in [0.15, 0.2) is 12.7 Å². The molecule has 1 N–H and O–H groups in total. The summed E-state index contributed by atoms with van der Waals surface area (Å²) in [5.74, 6) is 1.69. The van der Waals surface area contributed by atoms with Crippen molar-refractivity contribution in [3.63, 3.8) is 0 Å². The molecule has 0 aromatic carbocycles. The lowest BCUT2D eigenvalue weighted by molar-refractivity contribution is -0.119. The van der Waals surface area contributed by atoms with Gasteiger partial charge in [-0.1, -0.05) is 6.08 Å². The average Bonchev–Trinajstić information content (AvgIpc) is 1.88. The van der Waals surface area contributed by atoms with E-state index in [0.29, 0.717) is 5.75 Å². The second kappa shape index (κ2) is 2.92. The SMILES string of the molecule is C=CC1CSCC(=O)N1. The maximum absolute atomic E-state index is 10.7. The first-order chi connectivity index (χ1) is 4.33. The van der Waals surface area contributed by atoms with E-state index in [4.69, 9.17) is 0 Å². The molecule has 9 heavy (non-hydrogen) atoms. The smallest absolute Gasteiger partial charge is 0.230 e. The monoisotopic (exact) mass is 143 g/mol. The Morgan fingerprint density at radius 1 is 1.89 bits per heavy atom. The highest BCUT2D eigenvalue weighted by Crippen LogP contribution is 2.08. The van der Waals surface area contributed by atoms with Crippen LogP contribution in [0.5, 0.6) is 0 Å². The number of hydrogen-bond donors (Lipinski definition) is 1. The largest absolute Gasteiger partial charge is 0.348 e. The minimum absolute atomic E-state index is 0.121. The van der Waals surface area contributed by atoms with Crippen molar-refractivity contribution >= 4 is 17.7 Å². The van der Waals surface area contributed by atoms with Gasteiger partial charge in [-0.15, -0.1) is 18.3 Å². The molecule has 1 atom stereocenters. The summed E-state index contributed by atoms with van der Waals surface area (Å²) >= 11 is 1.65. The van der Waals surface area contributed by atoms with Crippen molar-refractivity contribution < 1.29 is 4.79 Å². The molecule has 1 heterocycles. The van der Waals surface area contributed by atoms with Gasteiger partial charge in [-0.2, -0.15) is 0 Å². The molecule has 0 aromatic heterocycles. The molecule has 0 bridgehead atoms. The van der Waals surface area contributed by atoms with Crippen molar-refractivity contribution in [1.82, 2.24) is 5.32 Å². The maximum Gasteiger partial charge on any atom is 0.230 e. The normalized spacial score (nSPS) is 27.1. The average molecular weight is 143 g/mol. The Morgan fingerprint density at radius 2 is 2.67 bits per heavy atom. The lowest BCUT2D eigenvalue weighted by Gasteiger charge is -2.18. The molecule has 1 amide bonds. The van der Waals surface area contributed by atoms with E-state index in [1.54, 1.807) is 17.8 Å². The summed E-state index contributed by atoms with van der Waals surface area (Å²) in [5.41, 5.74) is 0. The number of carbonyl (C=O) groups is 1. The lowest BCUT2D eigenvalue weighted by Crippen LogP contribution is -2.40. The van der Waals surface area contributed by atoms with Crippen molar-refractivity contribution in [3.8, 4) is 0 Å². The van der Waals surface area contributed by atoms with Crippen molar-refractivity contribution in [3.05, 3.63) is 12.7 Å². The third-order valence-corrected chi connectivity index (χ3v) is 2.22. The topological polar surface area (TPSA) is 29.1 Å². The van der Waals surface area contributed by atoms with E-state index in [1.807, 2.05) is 0 Å². The Hall–Kier alpha value is -0.440. The first-order valence-corrected chi connectivity index (χ1v) is 3.98. The molecule has 1 rings (SSSR count). The second-order valence-corrected chi connectivity index (χ2v) is 2.96. The molecular formula is C6H9NOS. The number of nitrogens with one attached hydrogen (secondary N) is 1. The van der Waals surface area contributed by atoms with Crippen LogP contribution < -0.4 is 5.32 Å². The number of thioether (sulfide) groups is 1. The second-order valence-electron chi connectivity index (χ2n) is 1.92. The molecule has 1 fully saturated rings. The Bertz CT molecular complexity index is 135. The zero-order valence-electron chi connectivity index (χ0n) is 5.09. The van der Waals surface area contributed by atoms with Gasteiger partial charge in [0.25, 0.3) is 0 Å². The van der Waals surface area contributed by atoms with Crippen LogP contribution in [-0.4, -0.2) is 23.5 Å². The fourth-order valence-corrected chi connectivity index (χ4v) is 1.56. The maximum atomic E-state index is 10.7. The summed E-state index contributed by atoms with van der Waals surface area (Å²) in [4.78, 5) is 10.7. The molecule has 1 unspecified atom stereocenters. The van der Waals surface area contributed by atoms with Crippen molar-refractivity contribution in [2.24, 2.45) is 0 Å². The molecule has 0 aliphatic carbocycles.